The molecule has 3 heteroatoms. The second kappa shape index (κ2) is 6.61. The van der Waals surface area contributed by atoms with E-state index in [9.17, 15) is 4.79 Å². The summed E-state index contributed by atoms with van der Waals surface area (Å²) < 4.78 is 0. The molecule has 1 aromatic rings. The largest absolute Gasteiger partial charge is 0.339 e. The first-order valence-corrected chi connectivity index (χ1v) is 8.40. The number of fused-ring (bicyclic) bond motifs is 1. The zero-order valence-electron chi connectivity index (χ0n) is 13.0. The number of likely N-dealkylation sites (tertiary alicyclic amines) is 1. The van der Waals surface area contributed by atoms with Crippen molar-refractivity contribution < 1.29 is 4.79 Å². The minimum absolute atomic E-state index is 0.255. The van der Waals surface area contributed by atoms with Gasteiger partial charge in [0.15, 0.2) is 0 Å². The van der Waals surface area contributed by atoms with E-state index in [1.165, 1.54) is 30.4 Å². The average molecular weight is 286 g/mol. The minimum Gasteiger partial charge on any atom is -0.339 e. The van der Waals surface area contributed by atoms with Crippen LogP contribution in [0, 0.1) is 5.92 Å². The highest BCUT2D eigenvalue weighted by atomic mass is 16.2. The summed E-state index contributed by atoms with van der Waals surface area (Å²) in [4.78, 5) is 15.0. The predicted octanol–water partition coefficient (Wildman–Crippen LogP) is 2.98. The van der Waals surface area contributed by atoms with Crippen LogP contribution in [0.4, 0.5) is 0 Å². The number of hydrogen-bond acceptors (Lipinski definition) is 2. The maximum atomic E-state index is 12.9. The first-order chi connectivity index (χ1) is 10.3. The highest BCUT2D eigenvalue weighted by Gasteiger charge is 2.24. The fourth-order valence-corrected chi connectivity index (χ4v) is 3.68. The SMILES string of the molecule is CCC1CCCN(C(=O)c2cccc3c2CCNC3)CC1. The zero-order valence-corrected chi connectivity index (χ0v) is 13.0. The molecule has 0 aliphatic carbocycles. The maximum absolute atomic E-state index is 12.9. The molecule has 2 heterocycles. The van der Waals surface area contributed by atoms with Crippen molar-refractivity contribution in [2.45, 2.75) is 45.6 Å². The van der Waals surface area contributed by atoms with E-state index in [2.05, 4.69) is 23.2 Å². The van der Waals surface area contributed by atoms with E-state index in [0.717, 1.165) is 50.5 Å². The van der Waals surface area contributed by atoms with Gasteiger partial charge < -0.3 is 10.2 Å². The third kappa shape index (κ3) is 3.13. The number of benzene rings is 1. The van der Waals surface area contributed by atoms with Crippen LogP contribution in [-0.2, 0) is 13.0 Å². The van der Waals surface area contributed by atoms with Crippen molar-refractivity contribution in [1.29, 1.82) is 0 Å². The van der Waals surface area contributed by atoms with Gasteiger partial charge in [-0.1, -0.05) is 25.5 Å². The standard InChI is InChI=1S/C18H26N2O/c1-2-14-5-4-11-20(12-9-14)18(21)17-7-3-6-15-13-19-10-8-16(15)17/h3,6-7,14,19H,2,4-5,8-13H2,1H3. The smallest absolute Gasteiger partial charge is 0.254 e. The lowest BCUT2D eigenvalue weighted by molar-refractivity contribution is 0.0758. The van der Waals surface area contributed by atoms with Crippen molar-refractivity contribution in [3.8, 4) is 0 Å². The molecular weight excluding hydrogens is 260 g/mol. The van der Waals surface area contributed by atoms with Crippen LogP contribution in [0.15, 0.2) is 18.2 Å². The number of nitrogens with one attached hydrogen (secondary N) is 1. The first-order valence-electron chi connectivity index (χ1n) is 8.40. The molecule has 114 valence electrons. The molecule has 2 aliphatic rings. The van der Waals surface area contributed by atoms with Crippen molar-refractivity contribution in [2.24, 2.45) is 5.92 Å². The number of carbonyl (C=O) groups is 1. The Bertz CT molecular complexity index is 512. The van der Waals surface area contributed by atoms with E-state index < -0.39 is 0 Å². The Hall–Kier alpha value is -1.35. The van der Waals surface area contributed by atoms with Crippen LogP contribution >= 0.6 is 0 Å². The number of nitrogens with zero attached hydrogens (tertiary/aromatic N) is 1. The molecule has 1 amide bonds. The molecule has 0 aromatic heterocycles. The molecule has 0 spiro atoms. The van der Waals surface area contributed by atoms with Crippen LogP contribution in [0.3, 0.4) is 0 Å². The van der Waals surface area contributed by atoms with E-state index >= 15 is 0 Å². The third-order valence-corrected chi connectivity index (χ3v) is 5.08. The Kier molecular flexibility index (Phi) is 4.59. The van der Waals surface area contributed by atoms with Crippen molar-refractivity contribution in [2.75, 3.05) is 19.6 Å². The summed E-state index contributed by atoms with van der Waals surface area (Å²) in [6, 6.07) is 6.20. The van der Waals surface area contributed by atoms with Gasteiger partial charge in [-0.15, -0.1) is 0 Å². The quantitative estimate of drug-likeness (QED) is 0.906. The van der Waals surface area contributed by atoms with Gasteiger partial charge >= 0.3 is 0 Å². The monoisotopic (exact) mass is 286 g/mol. The molecule has 0 radical (unpaired) electrons. The predicted molar refractivity (Wildman–Crippen MR) is 85.4 cm³/mol. The Morgan fingerprint density at radius 2 is 2.24 bits per heavy atom. The molecule has 21 heavy (non-hydrogen) atoms. The van der Waals surface area contributed by atoms with Gasteiger partial charge in [-0.05, 0) is 55.3 Å². The van der Waals surface area contributed by atoms with Crippen molar-refractivity contribution in [3.63, 3.8) is 0 Å². The maximum Gasteiger partial charge on any atom is 0.254 e. The van der Waals surface area contributed by atoms with Crippen LogP contribution in [-0.4, -0.2) is 30.4 Å². The van der Waals surface area contributed by atoms with E-state index in [4.69, 9.17) is 0 Å². The fraction of sp³-hybridized carbons (Fsp3) is 0.611. The fourth-order valence-electron chi connectivity index (χ4n) is 3.68. The summed E-state index contributed by atoms with van der Waals surface area (Å²) in [5.41, 5.74) is 3.52. The van der Waals surface area contributed by atoms with Gasteiger partial charge in [0.2, 0.25) is 0 Å². The Labute approximate surface area is 127 Å². The lowest BCUT2D eigenvalue weighted by Gasteiger charge is -2.25. The Balaban J connectivity index is 1.79. The number of amides is 1. The number of carbonyl (C=O) groups excluding carboxylic acids is 1. The molecule has 2 aliphatic heterocycles. The summed E-state index contributed by atoms with van der Waals surface area (Å²) >= 11 is 0. The normalized spacial score (nSPS) is 22.5. The molecule has 3 rings (SSSR count). The van der Waals surface area contributed by atoms with Crippen molar-refractivity contribution in [3.05, 3.63) is 34.9 Å². The van der Waals surface area contributed by atoms with Gasteiger partial charge in [-0.2, -0.15) is 0 Å². The molecule has 1 atom stereocenters. The number of hydrogen-bond donors (Lipinski definition) is 1. The second-order valence-electron chi connectivity index (χ2n) is 6.37. The van der Waals surface area contributed by atoms with Crippen LogP contribution < -0.4 is 5.32 Å². The zero-order chi connectivity index (χ0) is 14.7. The Morgan fingerprint density at radius 3 is 3.10 bits per heavy atom. The van der Waals surface area contributed by atoms with Gasteiger partial charge in [0.05, 0.1) is 0 Å². The van der Waals surface area contributed by atoms with Crippen LogP contribution in [0.1, 0.15) is 54.1 Å². The van der Waals surface area contributed by atoms with Crippen LogP contribution in [0.2, 0.25) is 0 Å². The van der Waals surface area contributed by atoms with Crippen molar-refractivity contribution in [1.82, 2.24) is 10.2 Å². The lowest BCUT2D eigenvalue weighted by atomic mass is 9.94. The van der Waals surface area contributed by atoms with Gasteiger partial charge in [0.1, 0.15) is 0 Å². The molecule has 1 unspecified atom stereocenters. The highest BCUT2D eigenvalue weighted by molar-refractivity contribution is 5.96. The highest BCUT2D eigenvalue weighted by Crippen LogP contribution is 2.24. The second-order valence-corrected chi connectivity index (χ2v) is 6.37. The first kappa shape index (κ1) is 14.6. The summed E-state index contributed by atoms with van der Waals surface area (Å²) in [5, 5.41) is 3.39. The topological polar surface area (TPSA) is 32.3 Å². The van der Waals surface area contributed by atoms with E-state index in [0.29, 0.717) is 0 Å². The molecule has 0 bridgehead atoms. The molecule has 3 nitrogen and oxygen atoms in total. The number of rotatable bonds is 2. The molecule has 1 saturated heterocycles. The minimum atomic E-state index is 0.255. The summed E-state index contributed by atoms with van der Waals surface area (Å²) in [7, 11) is 0. The average Bonchev–Trinajstić information content (AvgIpc) is 2.79. The molecule has 0 saturated carbocycles. The van der Waals surface area contributed by atoms with E-state index in [1.54, 1.807) is 0 Å². The molecular formula is C18H26N2O. The van der Waals surface area contributed by atoms with Crippen LogP contribution in [0.25, 0.3) is 0 Å². The van der Waals surface area contributed by atoms with Crippen LogP contribution in [0.5, 0.6) is 0 Å². The van der Waals surface area contributed by atoms with Gasteiger partial charge in [-0.25, -0.2) is 0 Å². The van der Waals surface area contributed by atoms with Gasteiger partial charge in [0.25, 0.3) is 5.91 Å². The van der Waals surface area contributed by atoms with E-state index in [1.807, 2.05) is 12.1 Å². The van der Waals surface area contributed by atoms with Gasteiger partial charge in [-0.3, -0.25) is 4.79 Å². The molecule has 1 N–H and O–H groups in total. The van der Waals surface area contributed by atoms with Gasteiger partial charge in [0, 0.05) is 25.2 Å². The molecule has 1 aromatic carbocycles. The third-order valence-electron chi connectivity index (χ3n) is 5.08. The van der Waals surface area contributed by atoms with E-state index in [-0.39, 0.29) is 5.91 Å². The molecule has 1 fully saturated rings. The summed E-state index contributed by atoms with van der Waals surface area (Å²) in [6.45, 7) is 6.00. The summed E-state index contributed by atoms with van der Waals surface area (Å²) in [5.74, 6) is 1.06. The summed E-state index contributed by atoms with van der Waals surface area (Å²) in [6.07, 6.45) is 5.81. The Morgan fingerprint density at radius 1 is 1.33 bits per heavy atom. The van der Waals surface area contributed by atoms with Crippen molar-refractivity contribution >= 4 is 5.91 Å². The lowest BCUT2D eigenvalue weighted by Crippen LogP contribution is -2.34.